The summed E-state index contributed by atoms with van der Waals surface area (Å²) in [5.41, 5.74) is 0.733. The van der Waals surface area contributed by atoms with E-state index < -0.39 is 5.97 Å². The number of nitrogens with zero attached hydrogens (tertiary/aromatic N) is 1. The molecule has 0 spiro atoms. The molecule has 0 aliphatic heterocycles. The summed E-state index contributed by atoms with van der Waals surface area (Å²) >= 11 is 0. The number of carboxylic acid groups (broad SMARTS) is 1. The van der Waals surface area contributed by atoms with Gasteiger partial charge in [-0.15, -0.1) is 0 Å². The summed E-state index contributed by atoms with van der Waals surface area (Å²) in [7, 11) is 0. The molecule has 0 amide bonds. The molecular formula is C15H23NO3. The number of pyridine rings is 1. The molecule has 1 atom stereocenters. The highest BCUT2D eigenvalue weighted by Crippen LogP contribution is 2.10. The maximum absolute atomic E-state index is 10.8. The number of aromatic carboxylic acids is 1. The van der Waals surface area contributed by atoms with Crippen LogP contribution >= 0.6 is 0 Å². The molecule has 19 heavy (non-hydrogen) atoms. The van der Waals surface area contributed by atoms with Gasteiger partial charge in [-0.25, -0.2) is 9.78 Å². The molecule has 0 aliphatic carbocycles. The highest BCUT2D eigenvalue weighted by atomic mass is 16.5. The number of rotatable bonds is 9. The summed E-state index contributed by atoms with van der Waals surface area (Å²) < 4.78 is 5.69. The molecule has 0 saturated carbocycles. The fraction of sp³-hybridized carbons (Fsp3) is 0.600. The second-order valence-corrected chi connectivity index (χ2v) is 4.79. The van der Waals surface area contributed by atoms with E-state index in [1.165, 1.54) is 31.7 Å². The van der Waals surface area contributed by atoms with E-state index in [9.17, 15) is 4.79 Å². The fourth-order valence-electron chi connectivity index (χ4n) is 1.85. The number of aromatic nitrogens is 1. The van der Waals surface area contributed by atoms with Gasteiger partial charge in [0, 0.05) is 0 Å². The van der Waals surface area contributed by atoms with Gasteiger partial charge < -0.3 is 9.84 Å². The zero-order valence-electron chi connectivity index (χ0n) is 11.8. The van der Waals surface area contributed by atoms with Gasteiger partial charge in [0.05, 0.1) is 18.4 Å². The van der Waals surface area contributed by atoms with Crippen molar-refractivity contribution in [3.63, 3.8) is 0 Å². The van der Waals surface area contributed by atoms with Crippen LogP contribution in [0.3, 0.4) is 0 Å². The normalized spacial score (nSPS) is 12.3. The lowest BCUT2D eigenvalue weighted by Gasteiger charge is -2.12. The highest BCUT2D eigenvalue weighted by Gasteiger charge is 2.07. The Morgan fingerprint density at radius 2 is 2.16 bits per heavy atom. The Balaban J connectivity index is 2.31. The van der Waals surface area contributed by atoms with Gasteiger partial charge in [0.1, 0.15) is 5.69 Å². The summed E-state index contributed by atoms with van der Waals surface area (Å²) in [5, 5.41) is 8.85. The van der Waals surface area contributed by atoms with E-state index in [4.69, 9.17) is 9.84 Å². The van der Waals surface area contributed by atoms with Crippen LogP contribution < -0.4 is 0 Å². The number of hydrogen-bond donors (Lipinski definition) is 1. The Labute approximate surface area is 114 Å². The van der Waals surface area contributed by atoms with E-state index >= 15 is 0 Å². The SMILES string of the molecule is CCCCCCC(C)OCc1cccc(C(=O)O)n1. The van der Waals surface area contributed by atoms with E-state index in [2.05, 4.69) is 11.9 Å². The third-order valence-electron chi connectivity index (χ3n) is 3.01. The summed E-state index contributed by atoms with van der Waals surface area (Å²) in [6.07, 6.45) is 6.16. The van der Waals surface area contributed by atoms with Crippen molar-refractivity contribution in [2.75, 3.05) is 0 Å². The van der Waals surface area contributed by atoms with Crippen molar-refractivity contribution in [2.24, 2.45) is 0 Å². The van der Waals surface area contributed by atoms with Crippen LogP contribution in [0.15, 0.2) is 18.2 Å². The van der Waals surface area contributed by atoms with E-state index in [0.29, 0.717) is 12.3 Å². The smallest absolute Gasteiger partial charge is 0.354 e. The molecule has 4 nitrogen and oxygen atoms in total. The largest absolute Gasteiger partial charge is 0.477 e. The topological polar surface area (TPSA) is 59.4 Å². The monoisotopic (exact) mass is 265 g/mol. The first-order valence-electron chi connectivity index (χ1n) is 6.94. The first kappa shape index (κ1) is 15.6. The van der Waals surface area contributed by atoms with Crippen molar-refractivity contribution in [3.8, 4) is 0 Å². The van der Waals surface area contributed by atoms with E-state index in [1.54, 1.807) is 12.1 Å². The predicted octanol–water partition coefficient (Wildman–Crippen LogP) is 3.66. The maximum atomic E-state index is 10.8. The minimum Gasteiger partial charge on any atom is -0.477 e. The Morgan fingerprint density at radius 3 is 2.84 bits per heavy atom. The number of carbonyl (C=O) groups is 1. The molecule has 0 aliphatic rings. The lowest BCUT2D eigenvalue weighted by molar-refractivity contribution is 0.0437. The molecule has 0 radical (unpaired) electrons. The lowest BCUT2D eigenvalue weighted by atomic mass is 10.1. The van der Waals surface area contributed by atoms with Crippen LogP contribution in [0.4, 0.5) is 0 Å². The quantitative estimate of drug-likeness (QED) is 0.692. The molecule has 1 heterocycles. The van der Waals surface area contributed by atoms with Crippen molar-refractivity contribution in [1.29, 1.82) is 0 Å². The van der Waals surface area contributed by atoms with E-state index in [0.717, 1.165) is 6.42 Å². The second kappa shape index (κ2) is 8.64. The van der Waals surface area contributed by atoms with Gasteiger partial charge in [-0.1, -0.05) is 38.7 Å². The van der Waals surface area contributed by atoms with Gasteiger partial charge in [-0.3, -0.25) is 0 Å². The second-order valence-electron chi connectivity index (χ2n) is 4.79. The average Bonchev–Trinajstić information content (AvgIpc) is 2.41. The molecule has 1 aromatic rings. The van der Waals surface area contributed by atoms with Gasteiger partial charge in [-0.2, -0.15) is 0 Å². The summed E-state index contributed by atoms with van der Waals surface area (Å²) in [4.78, 5) is 14.8. The Bertz CT molecular complexity index is 393. The molecule has 0 saturated heterocycles. The summed E-state index contributed by atoms with van der Waals surface area (Å²) in [6, 6.07) is 4.97. The molecule has 0 fully saturated rings. The average molecular weight is 265 g/mol. The molecule has 1 rings (SSSR count). The van der Waals surface area contributed by atoms with Crippen LogP contribution in [-0.4, -0.2) is 22.2 Å². The number of hydrogen-bond acceptors (Lipinski definition) is 3. The number of carboxylic acids is 1. The molecule has 0 bridgehead atoms. The number of ether oxygens (including phenoxy) is 1. The van der Waals surface area contributed by atoms with Crippen LogP contribution in [0.5, 0.6) is 0 Å². The predicted molar refractivity (Wildman–Crippen MR) is 74.2 cm³/mol. The van der Waals surface area contributed by atoms with Crippen LogP contribution in [-0.2, 0) is 11.3 Å². The molecule has 0 aromatic carbocycles. The number of unbranched alkanes of at least 4 members (excludes halogenated alkanes) is 3. The van der Waals surface area contributed by atoms with Crippen LogP contribution in [0.2, 0.25) is 0 Å². The Hall–Kier alpha value is -1.42. The molecule has 1 unspecified atom stereocenters. The lowest BCUT2D eigenvalue weighted by Crippen LogP contribution is -2.10. The third-order valence-corrected chi connectivity index (χ3v) is 3.01. The van der Waals surface area contributed by atoms with Crippen molar-refractivity contribution >= 4 is 5.97 Å². The molecule has 1 aromatic heterocycles. The summed E-state index contributed by atoms with van der Waals surface area (Å²) in [6.45, 7) is 4.62. The maximum Gasteiger partial charge on any atom is 0.354 e. The van der Waals surface area contributed by atoms with Gasteiger partial charge in [-0.05, 0) is 25.5 Å². The van der Waals surface area contributed by atoms with E-state index in [1.807, 2.05) is 6.92 Å². The Kier molecular flexibility index (Phi) is 7.11. The molecule has 106 valence electrons. The van der Waals surface area contributed by atoms with E-state index in [-0.39, 0.29) is 11.8 Å². The first-order valence-corrected chi connectivity index (χ1v) is 6.94. The van der Waals surface area contributed by atoms with Crippen molar-refractivity contribution < 1.29 is 14.6 Å². The molecule has 4 heteroatoms. The zero-order chi connectivity index (χ0) is 14.1. The molecular weight excluding hydrogens is 242 g/mol. The van der Waals surface area contributed by atoms with Crippen molar-refractivity contribution in [1.82, 2.24) is 4.98 Å². The summed E-state index contributed by atoms with van der Waals surface area (Å²) in [5.74, 6) is -1.01. The van der Waals surface area contributed by atoms with Gasteiger partial charge >= 0.3 is 5.97 Å². The van der Waals surface area contributed by atoms with Crippen molar-refractivity contribution in [3.05, 3.63) is 29.6 Å². The van der Waals surface area contributed by atoms with Gasteiger partial charge in [0.15, 0.2) is 0 Å². The minimum absolute atomic E-state index is 0.0664. The minimum atomic E-state index is -1.01. The van der Waals surface area contributed by atoms with Gasteiger partial charge in [0.25, 0.3) is 0 Å². The van der Waals surface area contributed by atoms with Gasteiger partial charge in [0.2, 0.25) is 0 Å². The highest BCUT2D eigenvalue weighted by molar-refractivity contribution is 5.85. The first-order chi connectivity index (χ1) is 9.13. The van der Waals surface area contributed by atoms with Crippen LogP contribution in [0.25, 0.3) is 0 Å². The van der Waals surface area contributed by atoms with Crippen LogP contribution in [0.1, 0.15) is 62.1 Å². The zero-order valence-corrected chi connectivity index (χ0v) is 11.8. The fourth-order valence-corrected chi connectivity index (χ4v) is 1.85. The molecule has 1 N–H and O–H groups in total. The van der Waals surface area contributed by atoms with Crippen molar-refractivity contribution in [2.45, 2.75) is 58.7 Å². The van der Waals surface area contributed by atoms with Crippen LogP contribution in [0, 0.1) is 0 Å². The third kappa shape index (κ3) is 6.34. The standard InChI is InChI=1S/C15H23NO3/c1-3-4-5-6-8-12(2)19-11-13-9-7-10-14(16-13)15(17)18/h7,9-10,12H,3-6,8,11H2,1-2H3,(H,17,18). The Morgan fingerprint density at radius 1 is 1.37 bits per heavy atom.